The van der Waals surface area contributed by atoms with E-state index in [-0.39, 0.29) is 10.9 Å². The Labute approximate surface area is 164 Å². The summed E-state index contributed by atoms with van der Waals surface area (Å²) in [5, 5.41) is 5.15. The van der Waals surface area contributed by atoms with Gasteiger partial charge in [-0.05, 0) is 55.9 Å². The number of ether oxygens (including phenoxy) is 1. The quantitative estimate of drug-likeness (QED) is 0.653. The normalized spacial score (nSPS) is 12.9. The Balaban J connectivity index is 1.68. The van der Waals surface area contributed by atoms with Crippen molar-refractivity contribution in [1.82, 2.24) is 9.88 Å². The van der Waals surface area contributed by atoms with E-state index in [0.29, 0.717) is 18.2 Å². The van der Waals surface area contributed by atoms with Crippen LogP contribution in [0.3, 0.4) is 0 Å². The molecule has 1 unspecified atom stereocenters. The van der Waals surface area contributed by atoms with Crippen molar-refractivity contribution in [3.8, 4) is 17.1 Å². The molecule has 0 saturated carbocycles. The standard InChI is InChI=1S/C20H23N3O4S/c1-14(15-6-10-18(11-7-15)28(21,24)25)23(2)13-20-22-12-19(27-20)16-4-8-17(26-3)9-5-16/h4-12,14H,13H2,1-3H3,(H2,21,24,25). The van der Waals surface area contributed by atoms with E-state index in [1.165, 1.54) is 12.1 Å². The van der Waals surface area contributed by atoms with Crippen LogP contribution in [0.15, 0.2) is 64.0 Å². The van der Waals surface area contributed by atoms with Gasteiger partial charge in [0.25, 0.3) is 0 Å². The second-order valence-electron chi connectivity index (χ2n) is 6.55. The summed E-state index contributed by atoms with van der Waals surface area (Å²) < 4.78 is 33.8. The summed E-state index contributed by atoms with van der Waals surface area (Å²) >= 11 is 0. The molecular weight excluding hydrogens is 378 g/mol. The first-order chi connectivity index (χ1) is 13.3. The van der Waals surface area contributed by atoms with Crippen molar-refractivity contribution in [2.45, 2.75) is 24.4 Å². The average molecular weight is 401 g/mol. The Morgan fingerprint density at radius 3 is 2.36 bits per heavy atom. The Morgan fingerprint density at radius 2 is 1.79 bits per heavy atom. The van der Waals surface area contributed by atoms with E-state index in [1.54, 1.807) is 25.4 Å². The molecule has 0 bridgehead atoms. The molecule has 7 nitrogen and oxygen atoms in total. The Hall–Kier alpha value is -2.68. The molecule has 1 atom stereocenters. The first-order valence-corrected chi connectivity index (χ1v) is 10.2. The van der Waals surface area contributed by atoms with Crippen molar-refractivity contribution < 1.29 is 17.6 Å². The fourth-order valence-electron chi connectivity index (χ4n) is 2.81. The summed E-state index contributed by atoms with van der Waals surface area (Å²) in [6.45, 7) is 2.54. The number of nitrogens with zero attached hydrogens (tertiary/aromatic N) is 2. The van der Waals surface area contributed by atoms with E-state index >= 15 is 0 Å². The number of hydrogen-bond acceptors (Lipinski definition) is 6. The highest BCUT2D eigenvalue weighted by molar-refractivity contribution is 7.89. The second kappa shape index (κ2) is 8.14. The van der Waals surface area contributed by atoms with E-state index in [4.69, 9.17) is 14.3 Å². The minimum absolute atomic E-state index is 0.0332. The summed E-state index contributed by atoms with van der Waals surface area (Å²) in [5.74, 6) is 2.07. The minimum atomic E-state index is -3.69. The van der Waals surface area contributed by atoms with Gasteiger partial charge < -0.3 is 9.15 Å². The van der Waals surface area contributed by atoms with Gasteiger partial charge in [0, 0.05) is 11.6 Å². The SMILES string of the molecule is COc1ccc(-c2cnc(CN(C)C(C)c3ccc(S(N)(=O)=O)cc3)o2)cc1. The van der Waals surface area contributed by atoms with Crippen LogP contribution < -0.4 is 9.88 Å². The number of rotatable bonds is 7. The smallest absolute Gasteiger partial charge is 0.238 e. The monoisotopic (exact) mass is 401 g/mol. The molecule has 0 amide bonds. The lowest BCUT2D eigenvalue weighted by Gasteiger charge is -2.23. The fourth-order valence-corrected chi connectivity index (χ4v) is 3.33. The van der Waals surface area contributed by atoms with E-state index in [0.717, 1.165) is 16.9 Å². The molecule has 8 heteroatoms. The van der Waals surface area contributed by atoms with Crippen LogP contribution in [-0.2, 0) is 16.6 Å². The summed E-state index contributed by atoms with van der Waals surface area (Å²) in [5.41, 5.74) is 1.89. The summed E-state index contributed by atoms with van der Waals surface area (Å²) in [7, 11) is -0.109. The number of benzene rings is 2. The second-order valence-corrected chi connectivity index (χ2v) is 8.11. The lowest BCUT2D eigenvalue weighted by atomic mass is 10.1. The molecule has 0 fully saturated rings. The lowest BCUT2D eigenvalue weighted by Crippen LogP contribution is -2.22. The van der Waals surface area contributed by atoms with Gasteiger partial charge in [0.2, 0.25) is 15.9 Å². The van der Waals surface area contributed by atoms with Crippen molar-refractivity contribution in [3.05, 3.63) is 66.2 Å². The molecule has 3 rings (SSSR count). The third kappa shape index (κ3) is 4.59. The van der Waals surface area contributed by atoms with Gasteiger partial charge in [0.05, 0.1) is 24.7 Å². The van der Waals surface area contributed by atoms with Crippen LogP contribution in [0.5, 0.6) is 5.75 Å². The molecule has 2 aromatic carbocycles. The van der Waals surface area contributed by atoms with Crippen molar-refractivity contribution >= 4 is 10.0 Å². The molecule has 0 aliphatic rings. The number of sulfonamides is 1. The van der Waals surface area contributed by atoms with Gasteiger partial charge in [-0.1, -0.05) is 12.1 Å². The van der Waals surface area contributed by atoms with E-state index in [9.17, 15) is 8.42 Å². The molecule has 148 valence electrons. The van der Waals surface area contributed by atoms with Crippen LogP contribution in [-0.4, -0.2) is 32.5 Å². The first kappa shape index (κ1) is 20.1. The zero-order chi connectivity index (χ0) is 20.3. The predicted molar refractivity (Wildman–Crippen MR) is 106 cm³/mol. The Morgan fingerprint density at radius 1 is 1.14 bits per heavy atom. The van der Waals surface area contributed by atoms with Gasteiger partial charge >= 0.3 is 0 Å². The maximum atomic E-state index is 11.4. The molecule has 3 aromatic rings. The molecule has 2 N–H and O–H groups in total. The summed E-state index contributed by atoms with van der Waals surface area (Å²) in [6, 6.07) is 14.2. The Bertz CT molecular complexity index is 1030. The average Bonchev–Trinajstić information content (AvgIpc) is 3.15. The number of methoxy groups -OCH3 is 1. The molecule has 0 radical (unpaired) electrons. The van der Waals surface area contributed by atoms with Gasteiger partial charge in [0.15, 0.2) is 5.76 Å². The van der Waals surface area contributed by atoms with Crippen LogP contribution in [0.25, 0.3) is 11.3 Å². The molecular formula is C20H23N3O4S. The molecule has 0 spiro atoms. The van der Waals surface area contributed by atoms with Crippen LogP contribution in [0.4, 0.5) is 0 Å². The minimum Gasteiger partial charge on any atom is -0.497 e. The predicted octanol–water partition coefficient (Wildman–Crippen LogP) is 3.19. The number of nitrogens with two attached hydrogens (primary N) is 1. The van der Waals surface area contributed by atoms with Crippen LogP contribution >= 0.6 is 0 Å². The van der Waals surface area contributed by atoms with Crippen molar-refractivity contribution in [2.75, 3.05) is 14.2 Å². The van der Waals surface area contributed by atoms with Crippen LogP contribution in [0, 0.1) is 0 Å². The van der Waals surface area contributed by atoms with E-state index in [1.807, 2.05) is 38.2 Å². The maximum Gasteiger partial charge on any atom is 0.238 e. The molecule has 0 aliphatic carbocycles. The summed E-state index contributed by atoms with van der Waals surface area (Å²) in [4.78, 5) is 6.53. The van der Waals surface area contributed by atoms with Crippen molar-refractivity contribution in [2.24, 2.45) is 5.14 Å². The lowest BCUT2D eigenvalue weighted by molar-refractivity contribution is 0.228. The van der Waals surface area contributed by atoms with Crippen molar-refractivity contribution in [1.29, 1.82) is 0 Å². The highest BCUT2D eigenvalue weighted by Gasteiger charge is 2.16. The largest absolute Gasteiger partial charge is 0.497 e. The summed E-state index contributed by atoms with van der Waals surface area (Å²) in [6.07, 6.45) is 1.70. The molecule has 0 aliphatic heterocycles. The highest BCUT2D eigenvalue weighted by Crippen LogP contribution is 2.25. The van der Waals surface area contributed by atoms with E-state index < -0.39 is 10.0 Å². The maximum absolute atomic E-state index is 11.4. The number of hydrogen-bond donors (Lipinski definition) is 1. The number of oxazole rings is 1. The Kier molecular flexibility index (Phi) is 5.83. The number of primary sulfonamides is 1. The third-order valence-electron chi connectivity index (χ3n) is 4.66. The third-order valence-corrected chi connectivity index (χ3v) is 5.59. The first-order valence-electron chi connectivity index (χ1n) is 8.70. The molecule has 0 saturated heterocycles. The van der Waals surface area contributed by atoms with Crippen LogP contribution in [0.2, 0.25) is 0 Å². The van der Waals surface area contributed by atoms with Gasteiger partial charge in [-0.15, -0.1) is 0 Å². The van der Waals surface area contributed by atoms with Gasteiger partial charge in [0.1, 0.15) is 5.75 Å². The fraction of sp³-hybridized carbons (Fsp3) is 0.250. The van der Waals surface area contributed by atoms with E-state index in [2.05, 4.69) is 9.88 Å². The zero-order valence-corrected chi connectivity index (χ0v) is 16.8. The van der Waals surface area contributed by atoms with Gasteiger partial charge in [-0.3, -0.25) is 4.90 Å². The van der Waals surface area contributed by atoms with Gasteiger partial charge in [-0.25, -0.2) is 18.5 Å². The topological polar surface area (TPSA) is 98.7 Å². The molecule has 1 heterocycles. The zero-order valence-electron chi connectivity index (χ0n) is 16.0. The molecule has 28 heavy (non-hydrogen) atoms. The number of aromatic nitrogens is 1. The van der Waals surface area contributed by atoms with Crippen molar-refractivity contribution in [3.63, 3.8) is 0 Å². The highest BCUT2D eigenvalue weighted by atomic mass is 32.2. The molecule has 1 aromatic heterocycles. The van der Waals surface area contributed by atoms with Gasteiger partial charge in [-0.2, -0.15) is 0 Å². The van der Waals surface area contributed by atoms with Crippen LogP contribution in [0.1, 0.15) is 24.4 Å².